The molecule has 0 N–H and O–H groups in total. The molecule has 1 fully saturated rings. The van der Waals surface area contributed by atoms with E-state index >= 15 is 0 Å². The fraction of sp³-hybridized carbons (Fsp3) is 0.889. The summed E-state index contributed by atoms with van der Waals surface area (Å²) in [6, 6.07) is 3.04. The molecule has 1 saturated heterocycles. The molecule has 3 heteroatoms. The second-order valence-electron chi connectivity index (χ2n) is 4.31. The van der Waals surface area contributed by atoms with Gasteiger partial charge in [-0.25, -0.2) is 0 Å². The fourth-order valence-corrected chi connectivity index (χ4v) is 5.98. The predicted octanol–water partition coefficient (Wildman–Crippen LogP) is 1.86. The van der Waals surface area contributed by atoms with Crippen molar-refractivity contribution in [2.75, 3.05) is 14.1 Å². The van der Waals surface area contributed by atoms with E-state index in [4.69, 9.17) is 0 Å². The molecular weight excluding hydrogens is 157 g/mol. The monoisotopic (exact) mass is 178 g/mol. The van der Waals surface area contributed by atoms with Crippen LogP contribution in [-0.4, -0.2) is 45.9 Å². The molecule has 0 aromatic carbocycles. The molecule has 0 saturated carbocycles. The molecule has 0 aromatic heterocycles. The van der Waals surface area contributed by atoms with Crippen LogP contribution in [0.4, 0.5) is 0 Å². The van der Waals surface area contributed by atoms with Gasteiger partial charge in [-0.2, -0.15) is 0 Å². The Morgan fingerprint density at radius 1 is 1.08 bits per heavy atom. The molecule has 0 bridgehead atoms. The number of nitrogens with zero attached hydrogens (tertiary/aromatic N) is 1. The molecule has 0 aliphatic carbocycles. The molecule has 0 atom stereocenters. The van der Waals surface area contributed by atoms with E-state index in [0.29, 0.717) is 0 Å². The summed E-state index contributed by atoms with van der Waals surface area (Å²) in [5, 5.41) is 0. The molecular formula is C9H21LiNSi. The topological polar surface area (TPSA) is 3.24 Å². The van der Waals surface area contributed by atoms with Crippen molar-refractivity contribution < 1.29 is 0 Å². The van der Waals surface area contributed by atoms with Gasteiger partial charge in [-0.1, -0.05) is 37.9 Å². The van der Waals surface area contributed by atoms with Crippen LogP contribution in [0.2, 0.25) is 18.6 Å². The normalized spacial score (nSPS) is 22.0. The van der Waals surface area contributed by atoms with E-state index in [1.165, 1.54) is 31.4 Å². The van der Waals surface area contributed by atoms with E-state index in [1.54, 1.807) is 0 Å². The molecule has 0 unspecified atom stereocenters. The van der Waals surface area contributed by atoms with E-state index in [0.717, 1.165) is 0 Å². The molecule has 0 aromatic rings. The zero-order valence-electron chi connectivity index (χ0n) is 8.06. The summed E-state index contributed by atoms with van der Waals surface area (Å²) in [6.45, 7) is 2.52. The summed E-state index contributed by atoms with van der Waals surface area (Å²) >= 11 is 0. The first-order chi connectivity index (χ1) is 5.12. The Balaban J connectivity index is 0.00000121. The van der Waals surface area contributed by atoms with Crippen molar-refractivity contribution in [1.29, 1.82) is 0 Å². The van der Waals surface area contributed by atoms with Crippen LogP contribution >= 0.6 is 0 Å². The molecule has 1 aliphatic heterocycles. The maximum atomic E-state index is 2.52. The van der Waals surface area contributed by atoms with Crippen LogP contribution in [0.25, 0.3) is 0 Å². The van der Waals surface area contributed by atoms with Gasteiger partial charge in [0.15, 0.2) is 0 Å². The first kappa shape index (κ1) is 12.8. The van der Waals surface area contributed by atoms with E-state index in [9.17, 15) is 0 Å². The van der Waals surface area contributed by atoms with Gasteiger partial charge in [-0.3, -0.25) is 0 Å². The van der Waals surface area contributed by atoms with Gasteiger partial charge in [0, 0.05) is 6.17 Å². The third-order valence-electron chi connectivity index (χ3n) is 2.57. The van der Waals surface area contributed by atoms with Gasteiger partial charge in [0.25, 0.3) is 0 Å². The van der Waals surface area contributed by atoms with Crippen LogP contribution in [-0.2, 0) is 0 Å². The van der Waals surface area contributed by atoms with Crippen LogP contribution in [0.3, 0.4) is 0 Å². The van der Waals surface area contributed by atoms with Crippen LogP contribution < -0.4 is 0 Å². The van der Waals surface area contributed by atoms with Gasteiger partial charge in [0.2, 0.25) is 0 Å². The van der Waals surface area contributed by atoms with Gasteiger partial charge in [0.1, 0.15) is 0 Å². The Bertz CT molecular complexity index is 122. The van der Waals surface area contributed by atoms with Crippen LogP contribution in [0.1, 0.15) is 19.3 Å². The Kier molecular flexibility index (Phi) is 5.85. The van der Waals surface area contributed by atoms with Gasteiger partial charge in [0.05, 0.1) is 8.07 Å². The van der Waals surface area contributed by atoms with Crippen molar-refractivity contribution in [1.82, 2.24) is 4.90 Å². The van der Waals surface area contributed by atoms with Gasteiger partial charge in [-0.15, -0.1) is 0 Å². The maximum absolute atomic E-state index is 2.52. The molecule has 1 rings (SSSR count). The quantitative estimate of drug-likeness (QED) is 0.583. The Hall–Kier alpha value is 0.774. The molecule has 1 radical (unpaired) electrons. The van der Waals surface area contributed by atoms with Crippen molar-refractivity contribution in [3.05, 3.63) is 6.17 Å². The average molecular weight is 178 g/mol. The van der Waals surface area contributed by atoms with Crippen molar-refractivity contribution >= 4 is 26.9 Å². The van der Waals surface area contributed by atoms with Crippen molar-refractivity contribution in [3.63, 3.8) is 0 Å². The van der Waals surface area contributed by atoms with Crippen LogP contribution in [0.15, 0.2) is 0 Å². The zero-order valence-corrected chi connectivity index (χ0v) is 9.06. The van der Waals surface area contributed by atoms with Crippen molar-refractivity contribution in [3.8, 4) is 0 Å². The number of hydrogen-bond acceptors (Lipinski definition) is 1. The summed E-state index contributed by atoms with van der Waals surface area (Å²) in [5.41, 5.74) is 0. The van der Waals surface area contributed by atoms with Crippen molar-refractivity contribution in [2.24, 2.45) is 0 Å². The minimum absolute atomic E-state index is 0. The van der Waals surface area contributed by atoms with Crippen LogP contribution in [0.5, 0.6) is 0 Å². The fourth-order valence-electron chi connectivity index (χ4n) is 2.11. The van der Waals surface area contributed by atoms with E-state index in [-0.39, 0.29) is 18.9 Å². The molecule has 0 amide bonds. The zero-order chi connectivity index (χ0) is 8.32. The number of hydrogen-bond donors (Lipinski definition) is 0. The van der Waals surface area contributed by atoms with E-state index in [1.807, 2.05) is 0 Å². The van der Waals surface area contributed by atoms with E-state index in [2.05, 4.69) is 31.7 Å². The SMILES string of the molecule is CN(C)[CH][Si]1(C)CCCCC1.[LiH]. The summed E-state index contributed by atoms with van der Waals surface area (Å²) in [7, 11) is 3.42. The predicted molar refractivity (Wildman–Crippen MR) is 60.2 cm³/mol. The average Bonchev–Trinajstić information content (AvgIpc) is 1.85. The Labute approximate surface area is 90.1 Å². The molecule has 1 aliphatic rings. The van der Waals surface area contributed by atoms with Crippen LogP contribution in [0, 0.1) is 6.17 Å². The summed E-state index contributed by atoms with van der Waals surface area (Å²) < 4.78 is 0. The third-order valence-corrected chi connectivity index (χ3v) is 6.70. The molecule has 0 spiro atoms. The Morgan fingerprint density at radius 3 is 2.00 bits per heavy atom. The second-order valence-corrected chi connectivity index (χ2v) is 8.87. The first-order valence-corrected chi connectivity index (χ1v) is 7.64. The molecule has 1 heterocycles. The summed E-state index contributed by atoms with van der Waals surface area (Å²) in [6.07, 6.45) is 6.95. The Morgan fingerprint density at radius 2 is 1.58 bits per heavy atom. The second kappa shape index (κ2) is 5.49. The van der Waals surface area contributed by atoms with Crippen molar-refractivity contribution in [2.45, 2.75) is 37.9 Å². The molecule has 1 nitrogen and oxygen atoms in total. The van der Waals surface area contributed by atoms with Gasteiger partial charge in [-0.05, 0) is 14.1 Å². The minimum atomic E-state index is -0.899. The standard InChI is InChI=1S/C9H20NSi.Li.H/c1-10(2)9-11(3)7-5-4-6-8-11;;/h9H,4-8H2,1-3H3;;. The van der Waals surface area contributed by atoms with Gasteiger partial charge < -0.3 is 4.90 Å². The first-order valence-electron chi connectivity index (χ1n) is 4.65. The molecule has 12 heavy (non-hydrogen) atoms. The van der Waals surface area contributed by atoms with E-state index < -0.39 is 8.07 Å². The third kappa shape index (κ3) is 4.14. The summed E-state index contributed by atoms with van der Waals surface area (Å²) in [4.78, 5) is 2.26. The van der Waals surface area contributed by atoms with Gasteiger partial charge >= 0.3 is 18.9 Å². The number of rotatable bonds is 2. The molecule has 67 valence electrons. The summed E-state index contributed by atoms with van der Waals surface area (Å²) in [5.74, 6) is 0.